The number of aromatic nitrogens is 1. The Hall–Kier alpha value is -1.76. The van der Waals surface area contributed by atoms with Crippen LogP contribution < -0.4 is 5.32 Å². The lowest BCUT2D eigenvalue weighted by Gasteiger charge is -2.26. The van der Waals surface area contributed by atoms with E-state index in [2.05, 4.69) is 15.2 Å². The normalized spacial score (nSPS) is 15.6. The standard InChI is InChI=1S/C16H19N3O2S/c20-15(17-4-6-19-7-9-21-10-8-19)13-2-1-3-14(12-13)16-18-5-11-22-16/h1-3,5,11-12H,4,6-10H2,(H,17,20). The first-order valence-corrected chi connectivity index (χ1v) is 8.29. The van der Waals surface area contributed by atoms with Gasteiger partial charge in [-0.15, -0.1) is 11.3 Å². The highest BCUT2D eigenvalue weighted by Crippen LogP contribution is 2.22. The van der Waals surface area contributed by atoms with Crippen LogP contribution in [0.3, 0.4) is 0 Å². The molecule has 1 aromatic heterocycles. The third-order valence-electron chi connectivity index (χ3n) is 3.62. The Balaban J connectivity index is 1.54. The van der Waals surface area contributed by atoms with Crippen LogP contribution in [0.4, 0.5) is 0 Å². The summed E-state index contributed by atoms with van der Waals surface area (Å²) in [4.78, 5) is 18.8. The molecule has 1 aromatic carbocycles. The largest absolute Gasteiger partial charge is 0.379 e. The highest BCUT2D eigenvalue weighted by Gasteiger charge is 2.11. The maximum atomic E-state index is 12.2. The third-order valence-corrected chi connectivity index (χ3v) is 4.44. The van der Waals surface area contributed by atoms with E-state index in [1.807, 2.05) is 29.6 Å². The molecule has 0 spiro atoms. The molecule has 2 heterocycles. The van der Waals surface area contributed by atoms with E-state index in [0.29, 0.717) is 12.1 Å². The number of rotatable bonds is 5. The van der Waals surface area contributed by atoms with E-state index in [-0.39, 0.29) is 5.91 Å². The lowest BCUT2D eigenvalue weighted by Crippen LogP contribution is -2.41. The van der Waals surface area contributed by atoms with Crippen LogP contribution in [-0.4, -0.2) is 55.2 Å². The van der Waals surface area contributed by atoms with Gasteiger partial charge in [0, 0.05) is 48.9 Å². The van der Waals surface area contributed by atoms with Gasteiger partial charge in [0.25, 0.3) is 5.91 Å². The van der Waals surface area contributed by atoms with Crippen molar-refractivity contribution < 1.29 is 9.53 Å². The second kappa shape index (κ2) is 7.49. The van der Waals surface area contributed by atoms with Gasteiger partial charge < -0.3 is 10.1 Å². The molecule has 0 bridgehead atoms. The SMILES string of the molecule is O=C(NCCN1CCOCC1)c1cccc(-c2nccs2)c1. The monoisotopic (exact) mass is 317 g/mol. The topological polar surface area (TPSA) is 54.5 Å². The molecule has 0 aliphatic carbocycles. The van der Waals surface area contributed by atoms with Gasteiger partial charge in [-0.2, -0.15) is 0 Å². The fourth-order valence-corrected chi connectivity index (χ4v) is 3.05. The van der Waals surface area contributed by atoms with Crippen LogP contribution >= 0.6 is 11.3 Å². The molecular formula is C16H19N3O2S. The molecule has 22 heavy (non-hydrogen) atoms. The van der Waals surface area contributed by atoms with Crippen LogP contribution in [0.1, 0.15) is 10.4 Å². The molecule has 0 saturated carbocycles. The molecule has 6 heteroatoms. The first kappa shape index (κ1) is 15.1. The fourth-order valence-electron chi connectivity index (χ4n) is 2.41. The molecule has 1 fully saturated rings. The van der Waals surface area contributed by atoms with Gasteiger partial charge in [-0.3, -0.25) is 9.69 Å². The Kier molecular flexibility index (Phi) is 5.15. The molecule has 0 atom stereocenters. The summed E-state index contributed by atoms with van der Waals surface area (Å²) in [5, 5.41) is 5.85. The lowest BCUT2D eigenvalue weighted by atomic mass is 10.1. The zero-order valence-electron chi connectivity index (χ0n) is 12.3. The highest BCUT2D eigenvalue weighted by molar-refractivity contribution is 7.13. The van der Waals surface area contributed by atoms with E-state index in [0.717, 1.165) is 43.4 Å². The minimum absolute atomic E-state index is 0.0355. The number of nitrogens with one attached hydrogen (secondary N) is 1. The number of morpholine rings is 1. The van der Waals surface area contributed by atoms with Crippen molar-refractivity contribution in [3.05, 3.63) is 41.4 Å². The van der Waals surface area contributed by atoms with Gasteiger partial charge in [0.15, 0.2) is 0 Å². The van der Waals surface area contributed by atoms with Crippen LogP contribution in [0, 0.1) is 0 Å². The molecule has 1 aliphatic rings. The van der Waals surface area contributed by atoms with Gasteiger partial charge in [0.2, 0.25) is 0 Å². The van der Waals surface area contributed by atoms with E-state index in [1.54, 1.807) is 17.5 Å². The Morgan fingerprint density at radius 1 is 1.36 bits per heavy atom. The number of nitrogens with zero attached hydrogens (tertiary/aromatic N) is 2. The summed E-state index contributed by atoms with van der Waals surface area (Å²) in [5.74, 6) is -0.0355. The minimum Gasteiger partial charge on any atom is -0.379 e. The molecule has 5 nitrogen and oxygen atoms in total. The van der Waals surface area contributed by atoms with Gasteiger partial charge in [0.05, 0.1) is 13.2 Å². The number of amides is 1. The number of hydrogen-bond acceptors (Lipinski definition) is 5. The summed E-state index contributed by atoms with van der Waals surface area (Å²) in [7, 11) is 0. The third kappa shape index (κ3) is 3.91. The van der Waals surface area contributed by atoms with Crippen LogP contribution in [0.5, 0.6) is 0 Å². The quantitative estimate of drug-likeness (QED) is 0.915. The van der Waals surface area contributed by atoms with Gasteiger partial charge in [0.1, 0.15) is 5.01 Å². The van der Waals surface area contributed by atoms with Gasteiger partial charge in [-0.05, 0) is 12.1 Å². The molecule has 1 amide bonds. The summed E-state index contributed by atoms with van der Waals surface area (Å²) in [6.07, 6.45) is 1.77. The van der Waals surface area contributed by atoms with E-state index >= 15 is 0 Å². The number of ether oxygens (including phenoxy) is 1. The van der Waals surface area contributed by atoms with Crippen LogP contribution in [0.25, 0.3) is 10.6 Å². The Morgan fingerprint density at radius 3 is 3.00 bits per heavy atom. The first-order valence-electron chi connectivity index (χ1n) is 7.41. The Labute approximate surface area is 133 Å². The molecular weight excluding hydrogens is 298 g/mol. The predicted molar refractivity (Wildman–Crippen MR) is 87.1 cm³/mol. The minimum atomic E-state index is -0.0355. The molecule has 0 unspecified atom stereocenters. The molecule has 3 rings (SSSR count). The molecule has 116 valence electrons. The van der Waals surface area contributed by atoms with Crippen molar-refractivity contribution >= 4 is 17.2 Å². The summed E-state index contributed by atoms with van der Waals surface area (Å²) in [6, 6.07) is 7.60. The Bertz CT molecular complexity index is 610. The fraction of sp³-hybridized carbons (Fsp3) is 0.375. The summed E-state index contributed by atoms with van der Waals surface area (Å²) in [6.45, 7) is 4.96. The molecule has 0 radical (unpaired) electrons. The van der Waals surface area contributed by atoms with Gasteiger partial charge in [-0.25, -0.2) is 4.98 Å². The van der Waals surface area contributed by atoms with Crippen molar-refractivity contribution in [3.8, 4) is 10.6 Å². The second-order valence-electron chi connectivity index (χ2n) is 5.13. The van der Waals surface area contributed by atoms with Crippen LogP contribution in [0.15, 0.2) is 35.8 Å². The smallest absolute Gasteiger partial charge is 0.251 e. The summed E-state index contributed by atoms with van der Waals surface area (Å²) < 4.78 is 5.31. The second-order valence-corrected chi connectivity index (χ2v) is 6.02. The zero-order chi connectivity index (χ0) is 15.2. The van der Waals surface area contributed by atoms with Gasteiger partial charge >= 0.3 is 0 Å². The van der Waals surface area contributed by atoms with E-state index in [9.17, 15) is 4.79 Å². The first-order chi connectivity index (χ1) is 10.8. The van der Waals surface area contributed by atoms with Crippen molar-refractivity contribution in [2.24, 2.45) is 0 Å². The van der Waals surface area contributed by atoms with Crippen LogP contribution in [0.2, 0.25) is 0 Å². The zero-order valence-corrected chi connectivity index (χ0v) is 13.1. The van der Waals surface area contributed by atoms with Crippen molar-refractivity contribution in [2.75, 3.05) is 39.4 Å². The summed E-state index contributed by atoms with van der Waals surface area (Å²) >= 11 is 1.57. The van der Waals surface area contributed by atoms with E-state index in [4.69, 9.17) is 4.74 Å². The van der Waals surface area contributed by atoms with Crippen molar-refractivity contribution in [2.45, 2.75) is 0 Å². The summed E-state index contributed by atoms with van der Waals surface area (Å²) in [5.41, 5.74) is 1.66. The van der Waals surface area contributed by atoms with Crippen molar-refractivity contribution in [1.29, 1.82) is 0 Å². The predicted octanol–water partition coefficient (Wildman–Crippen LogP) is 1.87. The molecule has 1 aliphatic heterocycles. The average Bonchev–Trinajstić information content (AvgIpc) is 3.10. The number of carbonyl (C=O) groups is 1. The maximum Gasteiger partial charge on any atom is 0.251 e. The number of benzene rings is 1. The molecule has 1 saturated heterocycles. The highest BCUT2D eigenvalue weighted by atomic mass is 32.1. The van der Waals surface area contributed by atoms with Crippen LogP contribution in [-0.2, 0) is 4.74 Å². The number of carbonyl (C=O) groups excluding carboxylic acids is 1. The average molecular weight is 317 g/mol. The van der Waals surface area contributed by atoms with E-state index in [1.165, 1.54) is 0 Å². The Morgan fingerprint density at radius 2 is 2.23 bits per heavy atom. The number of thiazole rings is 1. The maximum absolute atomic E-state index is 12.2. The molecule has 2 aromatic rings. The van der Waals surface area contributed by atoms with Gasteiger partial charge in [-0.1, -0.05) is 12.1 Å². The molecule has 1 N–H and O–H groups in total. The van der Waals surface area contributed by atoms with Crippen molar-refractivity contribution in [1.82, 2.24) is 15.2 Å². The van der Waals surface area contributed by atoms with Crippen molar-refractivity contribution in [3.63, 3.8) is 0 Å². The number of hydrogen-bond donors (Lipinski definition) is 1. The lowest BCUT2D eigenvalue weighted by molar-refractivity contribution is 0.0383. The van der Waals surface area contributed by atoms with E-state index < -0.39 is 0 Å².